The molecule has 1 aromatic heterocycles. The highest BCUT2D eigenvalue weighted by molar-refractivity contribution is 6.03. The number of nitrogens with one attached hydrogen (secondary N) is 3. The van der Waals surface area contributed by atoms with Crippen molar-refractivity contribution >= 4 is 29.1 Å². The SMILES string of the molecule is CC(=O)Nc1ccc(NC(=O)c2ccnc(NCc3ccc(F)cc3)n2)cc1. The maximum absolute atomic E-state index is 12.9. The average Bonchev–Trinajstić information content (AvgIpc) is 2.69. The maximum atomic E-state index is 12.9. The van der Waals surface area contributed by atoms with Gasteiger partial charge in [-0.3, -0.25) is 9.59 Å². The lowest BCUT2D eigenvalue weighted by atomic mass is 10.2. The van der Waals surface area contributed by atoms with Gasteiger partial charge in [-0.2, -0.15) is 0 Å². The lowest BCUT2D eigenvalue weighted by Gasteiger charge is -2.08. The quantitative estimate of drug-likeness (QED) is 0.610. The van der Waals surface area contributed by atoms with E-state index in [1.807, 2.05) is 0 Å². The van der Waals surface area contributed by atoms with Crippen molar-refractivity contribution in [3.63, 3.8) is 0 Å². The van der Waals surface area contributed by atoms with Gasteiger partial charge in [0.2, 0.25) is 11.9 Å². The largest absolute Gasteiger partial charge is 0.350 e. The third-order valence-electron chi connectivity index (χ3n) is 3.72. The zero-order valence-electron chi connectivity index (χ0n) is 15.1. The second-order valence-corrected chi connectivity index (χ2v) is 5.96. The van der Waals surface area contributed by atoms with E-state index < -0.39 is 0 Å². The molecule has 142 valence electrons. The molecule has 0 saturated heterocycles. The first kappa shape index (κ1) is 19.0. The van der Waals surface area contributed by atoms with Crippen LogP contribution in [-0.4, -0.2) is 21.8 Å². The number of nitrogens with zero attached hydrogens (tertiary/aromatic N) is 2. The Bertz CT molecular complexity index is 975. The Balaban J connectivity index is 1.61. The molecule has 0 atom stereocenters. The molecule has 0 aliphatic rings. The van der Waals surface area contributed by atoms with E-state index in [0.29, 0.717) is 17.9 Å². The van der Waals surface area contributed by atoms with Crippen LogP contribution in [0.15, 0.2) is 60.8 Å². The van der Waals surface area contributed by atoms with Crippen molar-refractivity contribution in [1.82, 2.24) is 9.97 Å². The van der Waals surface area contributed by atoms with Crippen LogP contribution in [0.3, 0.4) is 0 Å². The Morgan fingerprint density at radius 2 is 1.57 bits per heavy atom. The third kappa shape index (κ3) is 5.34. The van der Waals surface area contributed by atoms with Crippen molar-refractivity contribution in [3.8, 4) is 0 Å². The van der Waals surface area contributed by atoms with Gasteiger partial charge in [0.25, 0.3) is 5.91 Å². The predicted molar refractivity (Wildman–Crippen MR) is 104 cm³/mol. The molecule has 0 aliphatic carbocycles. The number of carbonyl (C=O) groups excluding carboxylic acids is 2. The summed E-state index contributed by atoms with van der Waals surface area (Å²) in [5.74, 6) is -0.570. The van der Waals surface area contributed by atoms with Gasteiger partial charge in [0.1, 0.15) is 11.5 Å². The number of anilines is 3. The number of aromatic nitrogens is 2. The van der Waals surface area contributed by atoms with Crippen molar-refractivity contribution in [2.24, 2.45) is 0 Å². The van der Waals surface area contributed by atoms with Crippen LogP contribution >= 0.6 is 0 Å². The molecule has 3 rings (SSSR count). The van der Waals surface area contributed by atoms with Crippen molar-refractivity contribution < 1.29 is 14.0 Å². The minimum absolute atomic E-state index is 0.168. The van der Waals surface area contributed by atoms with E-state index in [4.69, 9.17) is 0 Å². The molecule has 0 aliphatic heterocycles. The summed E-state index contributed by atoms with van der Waals surface area (Å²) in [6.07, 6.45) is 1.48. The second kappa shape index (κ2) is 8.72. The van der Waals surface area contributed by atoms with Crippen LogP contribution in [-0.2, 0) is 11.3 Å². The molecule has 3 N–H and O–H groups in total. The molecule has 8 heteroatoms. The Morgan fingerprint density at radius 3 is 2.21 bits per heavy atom. The maximum Gasteiger partial charge on any atom is 0.274 e. The summed E-state index contributed by atoms with van der Waals surface area (Å²) in [5, 5.41) is 8.39. The van der Waals surface area contributed by atoms with E-state index in [2.05, 4.69) is 25.9 Å². The van der Waals surface area contributed by atoms with Gasteiger partial charge in [0.15, 0.2) is 0 Å². The van der Waals surface area contributed by atoms with E-state index >= 15 is 0 Å². The van der Waals surface area contributed by atoms with Crippen LogP contribution in [0.1, 0.15) is 23.0 Å². The molecule has 0 bridgehead atoms. The highest BCUT2D eigenvalue weighted by atomic mass is 19.1. The van der Waals surface area contributed by atoms with Gasteiger partial charge >= 0.3 is 0 Å². The standard InChI is InChI=1S/C20H18FN5O2/c1-13(27)24-16-6-8-17(9-7-16)25-19(28)18-10-11-22-20(26-18)23-12-14-2-4-15(21)5-3-14/h2-11H,12H2,1H3,(H,24,27)(H,25,28)(H,22,23,26). The van der Waals surface area contributed by atoms with E-state index in [1.165, 1.54) is 31.3 Å². The fourth-order valence-corrected chi connectivity index (χ4v) is 2.39. The third-order valence-corrected chi connectivity index (χ3v) is 3.72. The smallest absolute Gasteiger partial charge is 0.274 e. The fraction of sp³-hybridized carbons (Fsp3) is 0.100. The fourth-order valence-electron chi connectivity index (χ4n) is 2.39. The number of hydrogen-bond donors (Lipinski definition) is 3. The molecular weight excluding hydrogens is 361 g/mol. The van der Waals surface area contributed by atoms with Gasteiger partial charge < -0.3 is 16.0 Å². The summed E-state index contributed by atoms with van der Waals surface area (Å²) in [6, 6.07) is 14.3. The van der Waals surface area contributed by atoms with Gasteiger partial charge in [-0.25, -0.2) is 14.4 Å². The molecular formula is C20H18FN5O2. The summed E-state index contributed by atoms with van der Waals surface area (Å²) < 4.78 is 12.9. The van der Waals surface area contributed by atoms with Crippen molar-refractivity contribution in [3.05, 3.63) is 77.9 Å². The molecule has 3 aromatic rings. The first-order chi connectivity index (χ1) is 13.5. The summed E-state index contributed by atoms with van der Waals surface area (Å²) in [7, 11) is 0. The molecule has 0 spiro atoms. The molecule has 0 fully saturated rings. The minimum atomic E-state index is -0.389. The molecule has 0 unspecified atom stereocenters. The van der Waals surface area contributed by atoms with E-state index in [0.717, 1.165) is 5.56 Å². The van der Waals surface area contributed by atoms with Crippen molar-refractivity contribution in [1.29, 1.82) is 0 Å². The van der Waals surface area contributed by atoms with Crippen LogP contribution in [0, 0.1) is 5.82 Å². The molecule has 7 nitrogen and oxygen atoms in total. The van der Waals surface area contributed by atoms with Gasteiger partial charge in [-0.1, -0.05) is 12.1 Å². The monoisotopic (exact) mass is 379 g/mol. The number of hydrogen-bond acceptors (Lipinski definition) is 5. The van der Waals surface area contributed by atoms with Gasteiger partial charge in [-0.15, -0.1) is 0 Å². The van der Waals surface area contributed by atoms with Crippen LogP contribution in [0.25, 0.3) is 0 Å². The second-order valence-electron chi connectivity index (χ2n) is 5.96. The predicted octanol–water partition coefficient (Wildman–Crippen LogP) is 3.44. The summed E-state index contributed by atoms with van der Waals surface area (Å²) in [4.78, 5) is 31.7. The number of rotatable bonds is 6. The Kier molecular flexibility index (Phi) is 5.91. The number of benzene rings is 2. The topological polar surface area (TPSA) is 96.0 Å². The lowest BCUT2D eigenvalue weighted by molar-refractivity contribution is -0.114. The zero-order valence-corrected chi connectivity index (χ0v) is 15.1. The zero-order chi connectivity index (χ0) is 19.9. The summed E-state index contributed by atoms with van der Waals surface area (Å²) >= 11 is 0. The average molecular weight is 379 g/mol. The van der Waals surface area contributed by atoms with E-state index in [9.17, 15) is 14.0 Å². The molecule has 0 saturated carbocycles. The molecule has 0 radical (unpaired) electrons. The number of carbonyl (C=O) groups is 2. The summed E-state index contributed by atoms with van der Waals surface area (Å²) in [5.41, 5.74) is 2.26. The molecule has 28 heavy (non-hydrogen) atoms. The van der Waals surface area contributed by atoms with E-state index in [-0.39, 0.29) is 29.3 Å². The molecule has 1 heterocycles. The Labute approximate surface area is 161 Å². The van der Waals surface area contributed by atoms with Crippen LogP contribution in [0.5, 0.6) is 0 Å². The van der Waals surface area contributed by atoms with Crippen molar-refractivity contribution in [2.75, 3.05) is 16.0 Å². The number of halogens is 1. The van der Waals surface area contributed by atoms with Crippen LogP contribution in [0.4, 0.5) is 21.7 Å². The lowest BCUT2D eigenvalue weighted by Crippen LogP contribution is -2.15. The first-order valence-corrected chi connectivity index (χ1v) is 8.50. The van der Waals surface area contributed by atoms with Gasteiger partial charge in [0.05, 0.1) is 0 Å². The van der Waals surface area contributed by atoms with Crippen LogP contribution in [0.2, 0.25) is 0 Å². The first-order valence-electron chi connectivity index (χ1n) is 8.50. The normalized spacial score (nSPS) is 10.2. The van der Waals surface area contributed by atoms with Crippen molar-refractivity contribution in [2.45, 2.75) is 13.5 Å². The highest BCUT2D eigenvalue weighted by Gasteiger charge is 2.09. The number of amides is 2. The highest BCUT2D eigenvalue weighted by Crippen LogP contribution is 2.14. The Morgan fingerprint density at radius 1 is 0.929 bits per heavy atom. The molecule has 2 amide bonds. The minimum Gasteiger partial charge on any atom is -0.350 e. The molecule has 2 aromatic carbocycles. The summed E-state index contributed by atoms with van der Waals surface area (Å²) in [6.45, 7) is 1.82. The Hall–Kier alpha value is -3.81. The van der Waals surface area contributed by atoms with E-state index in [1.54, 1.807) is 36.4 Å². The van der Waals surface area contributed by atoms with Gasteiger partial charge in [0, 0.05) is 31.0 Å². The van der Waals surface area contributed by atoms with Gasteiger partial charge in [-0.05, 0) is 48.0 Å². The van der Waals surface area contributed by atoms with Crippen LogP contribution < -0.4 is 16.0 Å².